The Bertz CT molecular complexity index is 676. The van der Waals surface area contributed by atoms with Crippen molar-refractivity contribution in [1.29, 1.82) is 0 Å². The van der Waals surface area contributed by atoms with Gasteiger partial charge in [-0.25, -0.2) is 0 Å². The fraction of sp³-hybridized carbons (Fsp3) is 0.0625. The van der Waals surface area contributed by atoms with Gasteiger partial charge in [0.15, 0.2) is 0 Å². The molecule has 3 heteroatoms. The Hall–Kier alpha value is -2.00. The molecule has 0 saturated carbocycles. The van der Waals surface area contributed by atoms with Crippen LogP contribution in [0.4, 0.5) is 5.69 Å². The minimum atomic E-state index is -0.0368. The van der Waals surface area contributed by atoms with Gasteiger partial charge in [0.1, 0.15) is 0 Å². The number of para-hydroxylation sites is 1. The van der Waals surface area contributed by atoms with Crippen LogP contribution >= 0.6 is 11.8 Å². The van der Waals surface area contributed by atoms with Gasteiger partial charge in [-0.05, 0) is 30.7 Å². The number of amides is 1. The lowest BCUT2D eigenvalue weighted by molar-refractivity contribution is -0.112. The highest BCUT2D eigenvalue weighted by Gasteiger charge is 2.20. The van der Waals surface area contributed by atoms with Gasteiger partial charge in [-0.2, -0.15) is 0 Å². The maximum atomic E-state index is 12.0. The number of carbonyl (C=O) groups is 1. The van der Waals surface area contributed by atoms with E-state index in [0.717, 1.165) is 21.1 Å². The lowest BCUT2D eigenvalue weighted by Gasteiger charge is -2.18. The van der Waals surface area contributed by atoms with Gasteiger partial charge in [0.25, 0.3) is 5.91 Å². The van der Waals surface area contributed by atoms with E-state index in [9.17, 15) is 4.79 Å². The molecule has 0 fully saturated rings. The van der Waals surface area contributed by atoms with E-state index < -0.39 is 0 Å². The first-order valence-electron chi connectivity index (χ1n) is 6.09. The molecule has 0 aromatic heterocycles. The minimum absolute atomic E-state index is 0.0368. The van der Waals surface area contributed by atoms with Crippen LogP contribution in [0.3, 0.4) is 0 Å². The third kappa shape index (κ3) is 2.56. The minimum Gasteiger partial charge on any atom is -0.320 e. The van der Waals surface area contributed by atoms with Crippen molar-refractivity contribution >= 4 is 29.4 Å². The molecule has 1 amide bonds. The van der Waals surface area contributed by atoms with Crippen molar-refractivity contribution in [3.05, 3.63) is 64.6 Å². The van der Waals surface area contributed by atoms with Gasteiger partial charge in [0.05, 0.1) is 10.6 Å². The van der Waals surface area contributed by atoms with Crippen LogP contribution < -0.4 is 5.32 Å². The van der Waals surface area contributed by atoms with Gasteiger partial charge < -0.3 is 5.32 Å². The van der Waals surface area contributed by atoms with Crippen molar-refractivity contribution in [2.45, 2.75) is 11.8 Å². The van der Waals surface area contributed by atoms with E-state index in [4.69, 9.17) is 0 Å². The van der Waals surface area contributed by atoms with Crippen molar-refractivity contribution in [3.63, 3.8) is 0 Å². The highest BCUT2D eigenvalue weighted by molar-refractivity contribution is 8.04. The molecule has 94 valence electrons. The monoisotopic (exact) mass is 267 g/mol. The van der Waals surface area contributed by atoms with Crippen LogP contribution in [0.2, 0.25) is 0 Å². The summed E-state index contributed by atoms with van der Waals surface area (Å²) in [5.74, 6) is -0.0368. The summed E-state index contributed by atoms with van der Waals surface area (Å²) < 4.78 is 0. The number of rotatable bonds is 1. The number of fused-ring (bicyclic) bond motifs is 1. The maximum Gasteiger partial charge on any atom is 0.262 e. The number of thioether (sulfide) groups is 1. The van der Waals surface area contributed by atoms with E-state index >= 15 is 0 Å². The first kappa shape index (κ1) is 12.1. The van der Waals surface area contributed by atoms with Gasteiger partial charge in [-0.15, -0.1) is 0 Å². The molecule has 1 heterocycles. The van der Waals surface area contributed by atoms with Gasteiger partial charge in [-0.3, -0.25) is 4.79 Å². The maximum absolute atomic E-state index is 12.0. The lowest BCUT2D eigenvalue weighted by atomic mass is 10.1. The molecule has 0 unspecified atom stereocenters. The van der Waals surface area contributed by atoms with Gasteiger partial charge in [0.2, 0.25) is 0 Å². The Morgan fingerprint density at radius 3 is 2.79 bits per heavy atom. The Morgan fingerprint density at radius 2 is 1.95 bits per heavy atom. The van der Waals surface area contributed by atoms with Crippen molar-refractivity contribution in [1.82, 2.24) is 0 Å². The molecule has 1 aliphatic rings. The number of anilines is 1. The lowest BCUT2D eigenvalue weighted by Crippen LogP contribution is -2.17. The summed E-state index contributed by atoms with van der Waals surface area (Å²) in [6.45, 7) is 2.05. The van der Waals surface area contributed by atoms with Crippen LogP contribution in [0.1, 0.15) is 11.1 Å². The fourth-order valence-corrected chi connectivity index (χ4v) is 2.97. The zero-order valence-corrected chi connectivity index (χ0v) is 11.3. The van der Waals surface area contributed by atoms with E-state index in [-0.39, 0.29) is 5.91 Å². The quantitative estimate of drug-likeness (QED) is 0.789. The molecule has 0 atom stereocenters. The zero-order valence-electron chi connectivity index (χ0n) is 10.5. The highest BCUT2D eigenvalue weighted by Crippen LogP contribution is 2.38. The Morgan fingerprint density at radius 1 is 1.11 bits per heavy atom. The Balaban J connectivity index is 1.96. The number of aryl methyl sites for hydroxylation is 1. The Labute approximate surface area is 116 Å². The molecule has 0 saturated heterocycles. The van der Waals surface area contributed by atoms with Crippen LogP contribution in [0, 0.1) is 6.92 Å². The largest absolute Gasteiger partial charge is 0.320 e. The van der Waals surface area contributed by atoms with Crippen LogP contribution in [-0.2, 0) is 4.79 Å². The van der Waals surface area contributed by atoms with Crippen LogP contribution in [0.15, 0.2) is 58.3 Å². The predicted octanol–water partition coefficient (Wildman–Crippen LogP) is 4.08. The molecule has 3 rings (SSSR count). The van der Waals surface area contributed by atoms with Gasteiger partial charge >= 0.3 is 0 Å². The number of hydrogen-bond acceptors (Lipinski definition) is 2. The number of benzene rings is 2. The number of carbonyl (C=O) groups excluding carboxylic acids is 1. The van der Waals surface area contributed by atoms with Crippen LogP contribution in [0.5, 0.6) is 0 Å². The molecule has 1 aliphatic heterocycles. The summed E-state index contributed by atoms with van der Waals surface area (Å²) >= 11 is 1.51. The first-order chi connectivity index (χ1) is 9.22. The summed E-state index contributed by atoms with van der Waals surface area (Å²) in [7, 11) is 0. The third-order valence-corrected chi connectivity index (χ3v) is 4.02. The van der Waals surface area contributed by atoms with E-state index in [1.54, 1.807) is 0 Å². The second-order valence-corrected chi connectivity index (χ2v) is 5.56. The predicted molar refractivity (Wildman–Crippen MR) is 80.1 cm³/mol. The molecule has 0 radical (unpaired) electrons. The molecule has 2 nitrogen and oxygen atoms in total. The molecule has 2 aromatic rings. The van der Waals surface area contributed by atoms with Crippen molar-refractivity contribution in [2.24, 2.45) is 0 Å². The van der Waals surface area contributed by atoms with Crippen molar-refractivity contribution in [3.8, 4) is 0 Å². The molecular weight excluding hydrogens is 254 g/mol. The van der Waals surface area contributed by atoms with E-state index in [2.05, 4.69) is 11.4 Å². The average Bonchev–Trinajstić information content (AvgIpc) is 2.40. The van der Waals surface area contributed by atoms with Crippen molar-refractivity contribution < 1.29 is 4.79 Å². The van der Waals surface area contributed by atoms with Crippen molar-refractivity contribution in [2.75, 3.05) is 5.32 Å². The normalized spacial score (nSPS) is 16.1. The zero-order chi connectivity index (χ0) is 13.2. The second kappa shape index (κ2) is 4.94. The van der Waals surface area contributed by atoms with Gasteiger partial charge in [-0.1, -0.05) is 53.7 Å². The molecule has 1 N–H and O–H groups in total. The van der Waals surface area contributed by atoms with Crippen LogP contribution in [0.25, 0.3) is 6.08 Å². The van der Waals surface area contributed by atoms with E-state index in [1.807, 2.05) is 55.5 Å². The molecule has 19 heavy (non-hydrogen) atoms. The Kier molecular flexibility index (Phi) is 3.13. The SMILES string of the molecule is Cc1cccc(C=C2Sc3ccccc3NC2=O)c1. The second-order valence-electron chi connectivity index (χ2n) is 4.48. The summed E-state index contributed by atoms with van der Waals surface area (Å²) in [6, 6.07) is 16.0. The smallest absolute Gasteiger partial charge is 0.262 e. The standard InChI is InChI=1S/C16H13NOS/c1-11-5-4-6-12(9-11)10-15-16(18)17-13-7-2-3-8-14(13)19-15/h2-10H,1H3,(H,17,18). The molecule has 0 spiro atoms. The topological polar surface area (TPSA) is 29.1 Å². The van der Waals surface area contributed by atoms with Crippen LogP contribution in [-0.4, -0.2) is 5.91 Å². The van der Waals surface area contributed by atoms with Gasteiger partial charge in [0, 0.05) is 4.90 Å². The summed E-state index contributed by atoms with van der Waals surface area (Å²) in [5, 5.41) is 2.92. The summed E-state index contributed by atoms with van der Waals surface area (Å²) in [4.78, 5) is 13.9. The summed E-state index contributed by atoms with van der Waals surface area (Å²) in [6.07, 6.45) is 1.93. The molecule has 2 aromatic carbocycles. The molecular formula is C16H13NOS. The molecule has 0 bridgehead atoms. The summed E-state index contributed by atoms with van der Waals surface area (Å²) in [5.41, 5.74) is 3.13. The first-order valence-corrected chi connectivity index (χ1v) is 6.90. The van der Waals surface area contributed by atoms with E-state index in [1.165, 1.54) is 17.3 Å². The third-order valence-electron chi connectivity index (χ3n) is 2.92. The van der Waals surface area contributed by atoms with E-state index in [0.29, 0.717) is 0 Å². The number of hydrogen-bond donors (Lipinski definition) is 1. The molecule has 0 aliphatic carbocycles. The highest BCUT2D eigenvalue weighted by atomic mass is 32.2. The average molecular weight is 267 g/mol. The number of nitrogens with one attached hydrogen (secondary N) is 1. The fourth-order valence-electron chi connectivity index (χ4n) is 2.01.